The summed E-state index contributed by atoms with van der Waals surface area (Å²) in [5.41, 5.74) is 7.23. The first-order valence-corrected chi connectivity index (χ1v) is 20.6. The number of fused-ring (bicyclic) bond motifs is 1. The Labute approximate surface area is 322 Å². The number of hydrogen-bond donors (Lipinski definition) is 4. The van der Waals surface area contributed by atoms with Crippen molar-refractivity contribution in [3.05, 3.63) is 70.4 Å². The molecule has 1 aromatic heterocycles. The standard InChI is InChI=1S/C39H54N6O9S/c1-4-26(3)36(38(48)43-22-14-13-20-34(43)39(49)50)44(55(53,54)35-21-12-11-19-33(35)45(51)52)25-28(23-27-24-41-32-18-10-9-16-30(27)32)42-37(47)31(40)17-8-6-7-15-29(46)5-2/h9-12,16,18-19,21,24,26,28,31,34,36,41H,4-8,13-15,17,20,22-23,25,40H2,1-3H3,(H,42,47)(H,49,50)/t26?,28-,31-,34+,36-/m0/s1. The van der Waals surface area contributed by atoms with Crippen LogP contribution in [0.2, 0.25) is 0 Å². The highest BCUT2D eigenvalue weighted by Gasteiger charge is 2.46. The predicted octanol–water partition coefficient (Wildman–Crippen LogP) is 4.93. The minimum Gasteiger partial charge on any atom is -0.480 e. The maximum Gasteiger partial charge on any atom is 0.326 e. The number of carboxylic acids is 1. The fourth-order valence-electron chi connectivity index (χ4n) is 7.23. The lowest BCUT2D eigenvalue weighted by atomic mass is 9.94. The zero-order valence-corrected chi connectivity index (χ0v) is 32.6. The van der Waals surface area contributed by atoms with E-state index in [9.17, 15) is 42.8 Å². The maximum absolute atomic E-state index is 14.9. The minimum absolute atomic E-state index is 0.0907. The molecule has 5 atom stereocenters. The normalized spacial score (nSPS) is 17.0. The largest absolute Gasteiger partial charge is 0.480 e. The smallest absolute Gasteiger partial charge is 0.326 e. The summed E-state index contributed by atoms with van der Waals surface area (Å²) >= 11 is 0. The Morgan fingerprint density at radius 1 is 1.07 bits per heavy atom. The average Bonchev–Trinajstić information content (AvgIpc) is 3.59. The van der Waals surface area contributed by atoms with E-state index in [1.807, 2.05) is 31.2 Å². The second kappa shape index (κ2) is 19.8. The van der Waals surface area contributed by atoms with E-state index >= 15 is 0 Å². The van der Waals surface area contributed by atoms with E-state index in [1.165, 1.54) is 17.0 Å². The number of unbranched alkanes of at least 4 members (excludes halogenated alkanes) is 2. The van der Waals surface area contributed by atoms with Gasteiger partial charge in [0.05, 0.1) is 11.0 Å². The molecule has 0 saturated carbocycles. The van der Waals surface area contributed by atoms with Crippen LogP contribution in [-0.2, 0) is 35.6 Å². The van der Waals surface area contributed by atoms with Crippen LogP contribution < -0.4 is 11.1 Å². The van der Waals surface area contributed by atoms with Crippen LogP contribution in [0.3, 0.4) is 0 Å². The Bertz CT molecular complexity index is 1930. The van der Waals surface area contributed by atoms with Gasteiger partial charge in [0.2, 0.25) is 11.8 Å². The number of piperidine rings is 1. The summed E-state index contributed by atoms with van der Waals surface area (Å²) < 4.78 is 30.8. The molecule has 0 aliphatic carbocycles. The third-order valence-corrected chi connectivity index (χ3v) is 12.5. The molecule has 3 aromatic rings. The molecule has 300 valence electrons. The molecule has 4 rings (SSSR count). The number of nitrogens with zero attached hydrogens (tertiary/aromatic N) is 3. The summed E-state index contributed by atoms with van der Waals surface area (Å²) in [4.78, 5) is 67.7. The number of hydrogen-bond acceptors (Lipinski definition) is 9. The highest BCUT2D eigenvalue weighted by molar-refractivity contribution is 7.89. The van der Waals surface area contributed by atoms with Gasteiger partial charge in [0.1, 0.15) is 17.9 Å². The first-order valence-electron chi connectivity index (χ1n) is 19.1. The molecule has 15 nitrogen and oxygen atoms in total. The molecule has 1 unspecified atom stereocenters. The molecule has 0 spiro atoms. The van der Waals surface area contributed by atoms with E-state index in [1.54, 1.807) is 20.0 Å². The van der Waals surface area contributed by atoms with Crippen LogP contribution in [0.1, 0.15) is 90.5 Å². The number of likely N-dealkylation sites (tertiary alicyclic amines) is 1. The molecule has 1 fully saturated rings. The van der Waals surface area contributed by atoms with E-state index in [4.69, 9.17) is 5.73 Å². The van der Waals surface area contributed by atoms with Crippen molar-refractivity contribution in [2.75, 3.05) is 13.1 Å². The lowest BCUT2D eigenvalue weighted by molar-refractivity contribution is -0.387. The van der Waals surface area contributed by atoms with Gasteiger partial charge in [-0.25, -0.2) is 13.2 Å². The van der Waals surface area contributed by atoms with E-state index in [0.29, 0.717) is 57.8 Å². The summed E-state index contributed by atoms with van der Waals surface area (Å²) in [6, 6.07) is 7.71. The van der Waals surface area contributed by atoms with Crippen molar-refractivity contribution in [2.24, 2.45) is 11.7 Å². The highest BCUT2D eigenvalue weighted by Crippen LogP contribution is 2.33. The Kier molecular flexibility index (Phi) is 15.5. The van der Waals surface area contributed by atoms with Crippen molar-refractivity contribution in [1.29, 1.82) is 0 Å². The average molecular weight is 783 g/mol. The van der Waals surface area contributed by atoms with E-state index < -0.39 is 79.9 Å². The number of para-hydroxylation sites is 2. The molecule has 0 radical (unpaired) electrons. The summed E-state index contributed by atoms with van der Waals surface area (Å²) in [7, 11) is -4.88. The number of aromatic amines is 1. The molecule has 5 N–H and O–H groups in total. The minimum atomic E-state index is -4.88. The number of H-pyrrole nitrogens is 1. The second-order valence-corrected chi connectivity index (χ2v) is 16.2. The van der Waals surface area contributed by atoms with Crippen molar-refractivity contribution in [3.63, 3.8) is 0 Å². The second-order valence-electron chi connectivity index (χ2n) is 14.4. The van der Waals surface area contributed by atoms with Crippen LogP contribution in [-0.4, -0.2) is 93.5 Å². The van der Waals surface area contributed by atoms with Gasteiger partial charge in [-0.1, -0.05) is 70.4 Å². The van der Waals surface area contributed by atoms with Crippen molar-refractivity contribution in [3.8, 4) is 0 Å². The number of rotatable bonds is 21. The Hall–Kier alpha value is -4.67. The Morgan fingerprint density at radius 2 is 1.78 bits per heavy atom. The van der Waals surface area contributed by atoms with Crippen molar-refractivity contribution < 1.29 is 37.6 Å². The number of aliphatic carboxylic acids is 1. The maximum atomic E-state index is 14.9. The van der Waals surface area contributed by atoms with E-state index in [-0.39, 0.29) is 25.2 Å². The number of nitro groups is 1. The fourth-order valence-corrected chi connectivity index (χ4v) is 9.12. The van der Waals surface area contributed by atoms with E-state index in [2.05, 4.69) is 10.3 Å². The number of Topliss-reactive ketones (excluding diaryl/α,β-unsaturated/α-hetero) is 1. The van der Waals surface area contributed by atoms with Gasteiger partial charge < -0.3 is 26.0 Å². The van der Waals surface area contributed by atoms with Gasteiger partial charge in [0.15, 0.2) is 4.90 Å². The molecule has 1 saturated heterocycles. The number of aromatic nitrogens is 1. The summed E-state index contributed by atoms with van der Waals surface area (Å²) in [5.74, 6) is -2.99. The molecule has 2 heterocycles. The molecule has 2 amide bonds. The first-order chi connectivity index (χ1) is 26.2. The molecule has 55 heavy (non-hydrogen) atoms. The SMILES string of the molecule is CCC(=O)CCCCC[C@H](N)C(=O)N[C@@H](Cc1c[nH]c2ccccc12)CN([C@H](C(=O)N1CCCC[C@@H]1C(=O)O)C(C)CC)S(=O)(=O)c1ccccc1[N+](=O)[O-]. The predicted molar refractivity (Wildman–Crippen MR) is 208 cm³/mol. The van der Waals surface area contributed by atoms with Gasteiger partial charge in [0.25, 0.3) is 15.7 Å². The fraction of sp³-hybridized carbons (Fsp3) is 0.538. The molecule has 1 aliphatic rings. The zero-order valence-electron chi connectivity index (χ0n) is 31.8. The van der Waals surface area contributed by atoms with Crippen molar-refractivity contribution in [1.82, 2.24) is 19.5 Å². The van der Waals surface area contributed by atoms with Crippen molar-refractivity contribution in [2.45, 2.75) is 120 Å². The third kappa shape index (κ3) is 10.8. The number of nitro benzene ring substituents is 1. The number of carbonyl (C=O) groups excluding carboxylic acids is 3. The van der Waals surface area contributed by atoms with Gasteiger partial charge in [-0.2, -0.15) is 4.31 Å². The quantitative estimate of drug-likeness (QED) is 0.0647. The number of sulfonamides is 1. The van der Waals surface area contributed by atoms with Crippen molar-refractivity contribution >= 4 is 50.2 Å². The lowest BCUT2D eigenvalue weighted by Gasteiger charge is -2.41. The first kappa shape index (κ1) is 43.1. The lowest BCUT2D eigenvalue weighted by Crippen LogP contribution is -2.61. The van der Waals surface area contributed by atoms with Crippen LogP contribution >= 0.6 is 0 Å². The topological polar surface area (TPSA) is 226 Å². The van der Waals surface area contributed by atoms with Gasteiger partial charge in [-0.3, -0.25) is 24.5 Å². The summed E-state index contributed by atoms with van der Waals surface area (Å²) in [6.45, 7) is 4.87. The van der Waals surface area contributed by atoms with Crippen LogP contribution in [0.15, 0.2) is 59.6 Å². The number of carboxylic acid groups (broad SMARTS) is 1. The molecular weight excluding hydrogens is 729 g/mol. The zero-order chi connectivity index (χ0) is 40.3. The molecule has 2 aromatic carbocycles. The molecule has 1 aliphatic heterocycles. The number of ketones is 1. The van der Waals surface area contributed by atoms with Gasteiger partial charge in [-0.15, -0.1) is 0 Å². The Morgan fingerprint density at radius 3 is 2.47 bits per heavy atom. The van der Waals surface area contributed by atoms with E-state index in [0.717, 1.165) is 32.9 Å². The number of nitrogens with two attached hydrogens (primary N) is 1. The van der Waals surface area contributed by atoms with Crippen LogP contribution in [0.4, 0.5) is 5.69 Å². The monoisotopic (exact) mass is 782 g/mol. The highest BCUT2D eigenvalue weighted by atomic mass is 32.2. The van der Waals surface area contributed by atoms with Gasteiger partial charge >= 0.3 is 5.97 Å². The summed E-state index contributed by atoms with van der Waals surface area (Å²) in [5, 5.41) is 26.1. The number of benzene rings is 2. The van der Waals surface area contributed by atoms with Gasteiger partial charge in [-0.05, 0) is 62.1 Å². The molecular formula is C39H54N6O9S. The number of nitrogens with one attached hydrogen (secondary N) is 2. The Balaban J connectivity index is 1.80. The summed E-state index contributed by atoms with van der Waals surface area (Å²) in [6.07, 6.45) is 6.61. The molecule has 0 bridgehead atoms. The van der Waals surface area contributed by atoms with Crippen LogP contribution in [0.5, 0.6) is 0 Å². The molecule has 16 heteroatoms. The van der Waals surface area contributed by atoms with Crippen LogP contribution in [0, 0.1) is 16.0 Å². The number of carbonyl (C=O) groups is 4. The number of amides is 2. The third-order valence-electron chi connectivity index (χ3n) is 10.6. The van der Waals surface area contributed by atoms with Gasteiger partial charge in [0, 0.05) is 55.1 Å². The van der Waals surface area contributed by atoms with Crippen LogP contribution in [0.25, 0.3) is 10.9 Å².